The first kappa shape index (κ1) is 23.4. The molecular formula is C24H27N3O4S. The lowest BCUT2D eigenvalue weighted by atomic mass is 10.0. The first-order valence-electron chi connectivity index (χ1n) is 10.3. The van der Waals surface area contributed by atoms with Crippen LogP contribution in [0.2, 0.25) is 0 Å². The van der Waals surface area contributed by atoms with Gasteiger partial charge in [0.25, 0.3) is 5.56 Å². The molecule has 0 amide bonds. The van der Waals surface area contributed by atoms with Gasteiger partial charge in [-0.2, -0.15) is 0 Å². The fourth-order valence-corrected chi connectivity index (χ4v) is 3.70. The number of nitrogens with one attached hydrogen (secondary N) is 2. The number of H-pyrrole nitrogens is 1. The Bertz CT molecular complexity index is 1210. The Balaban J connectivity index is 1.90. The van der Waals surface area contributed by atoms with Crippen LogP contribution in [0.25, 0.3) is 10.9 Å². The summed E-state index contributed by atoms with van der Waals surface area (Å²) in [6.07, 6.45) is 0.476. The SMILES string of the molecule is COC(=O)c1ccccc1NC(=S)N(CCCO)Cc1cc2cc(C)c(C)cc2[nH]c1=O. The first-order chi connectivity index (χ1) is 15.3. The molecule has 0 radical (unpaired) electrons. The molecule has 0 unspecified atom stereocenters. The summed E-state index contributed by atoms with van der Waals surface area (Å²) in [6, 6.07) is 12.8. The Morgan fingerprint density at radius 1 is 1.19 bits per heavy atom. The number of fused-ring (bicyclic) bond motifs is 1. The third kappa shape index (κ3) is 5.33. The second-order valence-corrected chi connectivity index (χ2v) is 8.00. The Hall–Kier alpha value is -3.23. The van der Waals surface area contributed by atoms with E-state index >= 15 is 0 Å². The van der Waals surface area contributed by atoms with Crippen LogP contribution in [0.15, 0.2) is 47.3 Å². The molecule has 0 aliphatic rings. The fraction of sp³-hybridized carbons (Fsp3) is 0.292. The van der Waals surface area contributed by atoms with Crippen LogP contribution in [0.1, 0.15) is 33.5 Å². The number of aliphatic hydroxyl groups is 1. The molecule has 32 heavy (non-hydrogen) atoms. The number of esters is 1. The minimum Gasteiger partial charge on any atom is -0.465 e. The van der Waals surface area contributed by atoms with Gasteiger partial charge in [0.05, 0.1) is 24.9 Å². The zero-order chi connectivity index (χ0) is 23.3. The Kier molecular flexibility index (Phi) is 7.61. The van der Waals surface area contributed by atoms with E-state index in [-0.39, 0.29) is 18.7 Å². The number of thiocarbonyl (C=S) groups is 1. The Labute approximate surface area is 192 Å². The molecule has 1 heterocycles. The molecular weight excluding hydrogens is 426 g/mol. The van der Waals surface area contributed by atoms with Crippen molar-refractivity contribution in [2.45, 2.75) is 26.8 Å². The van der Waals surface area contributed by atoms with E-state index in [1.54, 1.807) is 29.2 Å². The number of aryl methyl sites for hydroxylation is 2. The number of benzene rings is 2. The number of nitrogens with zero attached hydrogens (tertiary/aromatic N) is 1. The van der Waals surface area contributed by atoms with Crippen LogP contribution in [-0.4, -0.2) is 46.3 Å². The highest BCUT2D eigenvalue weighted by atomic mass is 32.1. The van der Waals surface area contributed by atoms with Crippen molar-refractivity contribution in [2.75, 3.05) is 25.6 Å². The van der Waals surface area contributed by atoms with Crippen molar-refractivity contribution in [2.24, 2.45) is 0 Å². The second kappa shape index (κ2) is 10.4. The van der Waals surface area contributed by atoms with Gasteiger partial charge in [-0.3, -0.25) is 4.79 Å². The quantitative estimate of drug-likeness (QED) is 0.372. The summed E-state index contributed by atoms with van der Waals surface area (Å²) >= 11 is 5.60. The Morgan fingerprint density at radius 2 is 1.91 bits per heavy atom. The van der Waals surface area contributed by atoms with Gasteiger partial charge in [0.2, 0.25) is 0 Å². The molecule has 0 aliphatic heterocycles. The minimum absolute atomic E-state index is 0.00951. The van der Waals surface area contributed by atoms with Crippen LogP contribution in [-0.2, 0) is 11.3 Å². The predicted molar refractivity (Wildman–Crippen MR) is 130 cm³/mol. The molecule has 0 spiro atoms. The number of aromatic amines is 1. The molecule has 0 atom stereocenters. The topological polar surface area (TPSA) is 94.7 Å². The van der Waals surface area contributed by atoms with E-state index in [0.29, 0.717) is 34.9 Å². The largest absolute Gasteiger partial charge is 0.465 e. The molecule has 0 saturated carbocycles. The van der Waals surface area contributed by atoms with E-state index < -0.39 is 5.97 Å². The number of methoxy groups -OCH3 is 1. The monoisotopic (exact) mass is 453 g/mol. The van der Waals surface area contributed by atoms with Crippen molar-refractivity contribution in [1.82, 2.24) is 9.88 Å². The summed E-state index contributed by atoms with van der Waals surface area (Å²) in [4.78, 5) is 29.6. The summed E-state index contributed by atoms with van der Waals surface area (Å²) < 4.78 is 4.84. The van der Waals surface area contributed by atoms with E-state index in [9.17, 15) is 14.7 Å². The molecule has 0 bridgehead atoms. The van der Waals surface area contributed by atoms with Crippen LogP contribution in [0.5, 0.6) is 0 Å². The van der Waals surface area contributed by atoms with Gasteiger partial charge in [-0.25, -0.2) is 4.79 Å². The molecule has 8 heteroatoms. The highest BCUT2D eigenvalue weighted by Crippen LogP contribution is 2.20. The van der Waals surface area contributed by atoms with Gasteiger partial charge < -0.3 is 25.0 Å². The molecule has 0 fully saturated rings. The second-order valence-electron chi connectivity index (χ2n) is 7.61. The zero-order valence-corrected chi connectivity index (χ0v) is 19.2. The average molecular weight is 454 g/mol. The number of carbonyl (C=O) groups excluding carboxylic acids is 1. The molecule has 7 nitrogen and oxygen atoms in total. The zero-order valence-electron chi connectivity index (χ0n) is 18.4. The average Bonchev–Trinajstić information content (AvgIpc) is 2.78. The van der Waals surface area contributed by atoms with Gasteiger partial charge in [0.1, 0.15) is 0 Å². The normalized spacial score (nSPS) is 10.8. The number of aromatic nitrogens is 1. The van der Waals surface area contributed by atoms with Crippen LogP contribution in [0, 0.1) is 13.8 Å². The number of pyridine rings is 1. The first-order valence-corrected chi connectivity index (χ1v) is 10.7. The molecule has 1 aromatic heterocycles. The van der Waals surface area contributed by atoms with Crippen molar-refractivity contribution in [3.63, 3.8) is 0 Å². The smallest absolute Gasteiger partial charge is 0.339 e. The van der Waals surface area contributed by atoms with Crippen LogP contribution in [0.4, 0.5) is 5.69 Å². The molecule has 168 valence electrons. The van der Waals surface area contributed by atoms with Crippen molar-refractivity contribution < 1.29 is 14.6 Å². The van der Waals surface area contributed by atoms with E-state index in [4.69, 9.17) is 17.0 Å². The lowest BCUT2D eigenvalue weighted by Crippen LogP contribution is -2.37. The summed E-state index contributed by atoms with van der Waals surface area (Å²) in [5.41, 5.74) is 4.28. The number of para-hydroxylation sites is 1. The van der Waals surface area contributed by atoms with E-state index in [2.05, 4.69) is 10.3 Å². The summed E-state index contributed by atoms with van der Waals surface area (Å²) in [5.74, 6) is -0.477. The van der Waals surface area contributed by atoms with Gasteiger partial charge in [-0.05, 0) is 79.3 Å². The third-order valence-electron chi connectivity index (χ3n) is 5.34. The maximum Gasteiger partial charge on any atom is 0.339 e. The number of aliphatic hydroxyl groups excluding tert-OH is 1. The number of rotatable bonds is 7. The van der Waals surface area contributed by atoms with E-state index in [1.165, 1.54) is 7.11 Å². The van der Waals surface area contributed by atoms with Crippen molar-refractivity contribution in [3.05, 3.63) is 75.1 Å². The standard InChI is InChI=1S/C24H27N3O4S/c1-15-11-17-13-18(22(29)25-21(17)12-16(15)2)14-27(9-6-10-28)24(32)26-20-8-5-4-7-19(20)23(30)31-3/h4-5,7-8,11-13,28H,6,9-10,14H2,1-3H3,(H,25,29)(H,26,32). The molecule has 2 aromatic carbocycles. The van der Waals surface area contributed by atoms with Gasteiger partial charge >= 0.3 is 5.97 Å². The summed E-state index contributed by atoms with van der Waals surface area (Å²) in [5, 5.41) is 13.7. The highest BCUT2D eigenvalue weighted by molar-refractivity contribution is 7.80. The number of hydrogen-bond acceptors (Lipinski definition) is 5. The number of hydrogen-bond donors (Lipinski definition) is 3. The molecule has 3 aromatic rings. The molecule has 3 N–H and O–H groups in total. The van der Waals surface area contributed by atoms with E-state index in [1.807, 2.05) is 32.0 Å². The Morgan fingerprint density at radius 3 is 2.62 bits per heavy atom. The maximum atomic E-state index is 12.7. The van der Waals surface area contributed by atoms with Crippen molar-refractivity contribution in [1.29, 1.82) is 0 Å². The lowest BCUT2D eigenvalue weighted by molar-refractivity contribution is 0.0602. The number of ether oxygens (including phenoxy) is 1. The van der Waals surface area contributed by atoms with Gasteiger partial charge in [0, 0.05) is 24.2 Å². The van der Waals surface area contributed by atoms with Crippen molar-refractivity contribution in [3.8, 4) is 0 Å². The predicted octanol–water partition coefficient (Wildman–Crippen LogP) is 3.51. The van der Waals surface area contributed by atoms with Gasteiger partial charge in [-0.1, -0.05) is 12.1 Å². The highest BCUT2D eigenvalue weighted by Gasteiger charge is 2.17. The fourth-order valence-electron chi connectivity index (χ4n) is 3.43. The number of anilines is 1. The van der Waals surface area contributed by atoms with Gasteiger partial charge in [-0.15, -0.1) is 0 Å². The minimum atomic E-state index is -0.477. The third-order valence-corrected chi connectivity index (χ3v) is 5.70. The maximum absolute atomic E-state index is 12.7. The summed E-state index contributed by atoms with van der Waals surface area (Å²) in [6.45, 7) is 4.72. The summed E-state index contributed by atoms with van der Waals surface area (Å²) in [7, 11) is 1.32. The van der Waals surface area contributed by atoms with Crippen LogP contribution >= 0.6 is 12.2 Å². The molecule has 0 saturated heterocycles. The number of carbonyl (C=O) groups is 1. The molecule has 3 rings (SSSR count). The van der Waals surface area contributed by atoms with Crippen LogP contribution in [0.3, 0.4) is 0 Å². The van der Waals surface area contributed by atoms with E-state index in [0.717, 1.165) is 22.0 Å². The van der Waals surface area contributed by atoms with Crippen molar-refractivity contribution >= 4 is 39.9 Å². The molecule has 0 aliphatic carbocycles. The van der Waals surface area contributed by atoms with Gasteiger partial charge in [0.15, 0.2) is 5.11 Å². The van der Waals surface area contributed by atoms with Crippen LogP contribution < -0.4 is 10.9 Å². The lowest BCUT2D eigenvalue weighted by Gasteiger charge is -2.26.